The number of carboxylic acids is 1. The Kier molecular flexibility index (Phi) is 6.07. The van der Waals surface area contributed by atoms with Crippen LogP contribution in [0, 0.1) is 11.8 Å². The van der Waals surface area contributed by atoms with Crippen molar-refractivity contribution >= 4 is 5.97 Å². The summed E-state index contributed by atoms with van der Waals surface area (Å²) in [5.41, 5.74) is 0. The molecule has 1 aromatic carbocycles. The number of carbonyl (C=O) groups is 1. The quantitative estimate of drug-likeness (QED) is 0.799. The van der Waals surface area contributed by atoms with Crippen LogP contribution in [-0.4, -0.2) is 48.8 Å². The average Bonchev–Trinajstić information content (AvgIpc) is 2.87. The lowest BCUT2D eigenvalue weighted by molar-refractivity contribution is -0.142. The maximum atomic E-state index is 11.1. The molecule has 1 N–H and O–H groups in total. The molecule has 0 amide bonds. The zero-order valence-corrected chi connectivity index (χ0v) is 13.3. The van der Waals surface area contributed by atoms with Gasteiger partial charge in [0.05, 0.1) is 12.5 Å². The monoisotopic (exact) mass is 307 g/mol. The van der Waals surface area contributed by atoms with Crippen molar-refractivity contribution in [3.8, 4) is 11.5 Å². The lowest BCUT2D eigenvalue weighted by Gasteiger charge is -2.15. The third-order valence-corrected chi connectivity index (χ3v) is 3.98. The van der Waals surface area contributed by atoms with Gasteiger partial charge in [-0.3, -0.25) is 9.69 Å². The number of rotatable bonds is 8. The molecule has 1 aliphatic heterocycles. The van der Waals surface area contributed by atoms with Crippen LogP contribution in [0.3, 0.4) is 0 Å². The van der Waals surface area contributed by atoms with Gasteiger partial charge in [0.15, 0.2) is 0 Å². The molecular formula is C17H25NO4. The summed E-state index contributed by atoms with van der Waals surface area (Å²) >= 11 is 0. The Bertz CT molecular complexity index is 474. The molecule has 0 aromatic heterocycles. The second-order valence-electron chi connectivity index (χ2n) is 5.85. The largest absolute Gasteiger partial charge is 0.494 e. The molecule has 0 saturated carbocycles. The van der Waals surface area contributed by atoms with E-state index in [0.29, 0.717) is 13.2 Å². The molecule has 0 unspecified atom stereocenters. The SMILES string of the molecule is CCCOc1ccc(OCCN2C[C@@H](C)[C@H](C(=O)O)C2)cc1. The highest BCUT2D eigenvalue weighted by atomic mass is 16.5. The Morgan fingerprint density at radius 1 is 1.18 bits per heavy atom. The first kappa shape index (κ1) is 16.6. The van der Waals surface area contributed by atoms with E-state index in [1.165, 1.54) is 0 Å². The van der Waals surface area contributed by atoms with Gasteiger partial charge in [-0.2, -0.15) is 0 Å². The Labute approximate surface area is 131 Å². The van der Waals surface area contributed by atoms with Crippen LogP contribution in [0.1, 0.15) is 20.3 Å². The van der Waals surface area contributed by atoms with Gasteiger partial charge in [0.25, 0.3) is 0 Å². The first-order valence-electron chi connectivity index (χ1n) is 7.91. The molecule has 1 fully saturated rings. The zero-order valence-electron chi connectivity index (χ0n) is 13.3. The summed E-state index contributed by atoms with van der Waals surface area (Å²) in [4.78, 5) is 13.2. The van der Waals surface area contributed by atoms with Gasteiger partial charge in [0.2, 0.25) is 0 Å². The fourth-order valence-corrected chi connectivity index (χ4v) is 2.72. The van der Waals surface area contributed by atoms with Crippen molar-refractivity contribution in [3.63, 3.8) is 0 Å². The van der Waals surface area contributed by atoms with Gasteiger partial charge in [-0.25, -0.2) is 0 Å². The number of benzene rings is 1. The van der Waals surface area contributed by atoms with Crippen LogP contribution in [-0.2, 0) is 4.79 Å². The van der Waals surface area contributed by atoms with E-state index < -0.39 is 5.97 Å². The summed E-state index contributed by atoms with van der Waals surface area (Å²) in [6.45, 7) is 7.54. The standard InChI is InChI=1S/C17H25NO4/c1-3-9-21-14-4-6-15(7-5-14)22-10-8-18-11-13(2)16(12-18)17(19)20/h4-7,13,16H,3,8-12H2,1-2H3,(H,19,20)/t13-,16-/m1/s1. The van der Waals surface area contributed by atoms with Crippen LogP contribution in [0.5, 0.6) is 11.5 Å². The number of nitrogens with zero attached hydrogens (tertiary/aromatic N) is 1. The van der Waals surface area contributed by atoms with Gasteiger partial charge < -0.3 is 14.6 Å². The molecule has 122 valence electrons. The van der Waals surface area contributed by atoms with Crippen LogP contribution in [0.15, 0.2) is 24.3 Å². The van der Waals surface area contributed by atoms with E-state index in [0.717, 1.165) is 37.6 Å². The number of hydrogen-bond donors (Lipinski definition) is 1. The fraction of sp³-hybridized carbons (Fsp3) is 0.588. The summed E-state index contributed by atoms with van der Waals surface area (Å²) in [7, 11) is 0. The Morgan fingerprint density at radius 3 is 2.27 bits per heavy atom. The van der Waals surface area contributed by atoms with Crippen molar-refractivity contribution in [2.45, 2.75) is 20.3 Å². The summed E-state index contributed by atoms with van der Waals surface area (Å²) in [5.74, 6) is 0.916. The van der Waals surface area contributed by atoms with Gasteiger partial charge >= 0.3 is 5.97 Å². The van der Waals surface area contributed by atoms with Crippen LogP contribution in [0.2, 0.25) is 0 Å². The molecule has 0 bridgehead atoms. The molecule has 0 spiro atoms. The zero-order chi connectivity index (χ0) is 15.9. The smallest absolute Gasteiger partial charge is 0.308 e. The second-order valence-corrected chi connectivity index (χ2v) is 5.85. The minimum Gasteiger partial charge on any atom is -0.494 e. The molecule has 1 aromatic rings. The minimum absolute atomic E-state index is 0.201. The van der Waals surface area contributed by atoms with Gasteiger partial charge in [-0.05, 0) is 36.6 Å². The Balaban J connectivity index is 1.71. The molecule has 5 nitrogen and oxygen atoms in total. The van der Waals surface area contributed by atoms with Crippen molar-refractivity contribution in [1.82, 2.24) is 4.90 Å². The van der Waals surface area contributed by atoms with Gasteiger partial charge in [-0.15, -0.1) is 0 Å². The number of carboxylic acid groups (broad SMARTS) is 1. The molecule has 5 heteroatoms. The lowest BCUT2D eigenvalue weighted by atomic mass is 9.99. The molecule has 1 saturated heterocycles. The van der Waals surface area contributed by atoms with Crippen LogP contribution in [0.4, 0.5) is 0 Å². The summed E-state index contributed by atoms with van der Waals surface area (Å²) in [5, 5.41) is 9.12. The second kappa shape index (κ2) is 8.03. The Hall–Kier alpha value is -1.75. The van der Waals surface area contributed by atoms with Gasteiger partial charge in [0, 0.05) is 19.6 Å². The van der Waals surface area contributed by atoms with Crippen molar-refractivity contribution in [3.05, 3.63) is 24.3 Å². The first-order valence-corrected chi connectivity index (χ1v) is 7.91. The van der Waals surface area contributed by atoms with Crippen LogP contribution >= 0.6 is 0 Å². The van der Waals surface area contributed by atoms with Crippen molar-refractivity contribution in [2.75, 3.05) is 32.8 Å². The molecule has 2 atom stereocenters. The van der Waals surface area contributed by atoms with E-state index in [-0.39, 0.29) is 11.8 Å². The van der Waals surface area contributed by atoms with Crippen molar-refractivity contribution in [2.24, 2.45) is 11.8 Å². The third kappa shape index (κ3) is 4.63. The van der Waals surface area contributed by atoms with E-state index in [2.05, 4.69) is 11.8 Å². The van der Waals surface area contributed by atoms with E-state index in [4.69, 9.17) is 14.6 Å². The number of hydrogen-bond acceptors (Lipinski definition) is 4. The highest BCUT2D eigenvalue weighted by molar-refractivity contribution is 5.71. The van der Waals surface area contributed by atoms with Gasteiger partial charge in [-0.1, -0.05) is 13.8 Å². The highest BCUT2D eigenvalue weighted by Crippen LogP contribution is 2.23. The summed E-state index contributed by atoms with van der Waals surface area (Å²) in [6.07, 6.45) is 0.990. The van der Waals surface area contributed by atoms with E-state index in [1.54, 1.807) is 0 Å². The molecule has 0 aliphatic carbocycles. The van der Waals surface area contributed by atoms with Crippen molar-refractivity contribution < 1.29 is 19.4 Å². The highest BCUT2D eigenvalue weighted by Gasteiger charge is 2.34. The predicted octanol–water partition coefficient (Wildman–Crippen LogP) is 2.51. The van der Waals surface area contributed by atoms with Crippen LogP contribution < -0.4 is 9.47 Å². The van der Waals surface area contributed by atoms with E-state index in [9.17, 15) is 4.79 Å². The third-order valence-electron chi connectivity index (χ3n) is 3.98. The van der Waals surface area contributed by atoms with E-state index >= 15 is 0 Å². The molecule has 1 aliphatic rings. The number of likely N-dealkylation sites (tertiary alicyclic amines) is 1. The molecule has 0 radical (unpaired) electrons. The maximum absolute atomic E-state index is 11.1. The lowest BCUT2D eigenvalue weighted by Crippen LogP contribution is -2.27. The Morgan fingerprint density at radius 2 is 1.77 bits per heavy atom. The predicted molar refractivity (Wildman–Crippen MR) is 84.5 cm³/mol. The van der Waals surface area contributed by atoms with Gasteiger partial charge in [0.1, 0.15) is 18.1 Å². The van der Waals surface area contributed by atoms with Crippen molar-refractivity contribution in [1.29, 1.82) is 0 Å². The number of aliphatic carboxylic acids is 1. The van der Waals surface area contributed by atoms with E-state index in [1.807, 2.05) is 31.2 Å². The molecule has 1 heterocycles. The normalized spacial score (nSPS) is 21.7. The fourth-order valence-electron chi connectivity index (χ4n) is 2.72. The molecule has 22 heavy (non-hydrogen) atoms. The molecule has 2 rings (SSSR count). The summed E-state index contributed by atoms with van der Waals surface area (Å²) < 4.78 is 11.2. The topological polar surface area (TPSA) is 59.0 Å². The summed E-state index contributed by atoms with van der Waals surface area (Å²) in [6, 6.07) is 7.61. The average molecular weight is 307 g/mol. The first-order chi connectivity index (χ1) is 10.6. The van der Waals surface area contributed by atoms with Crippen LogP contribution in [0.25, 0.3) is 0 Å². The number of ether oxygens (including phenoxy) is 2. The minimum atomic E-state index is -0.696. The molecular weight excluding hydrogens is 282 g/mol. The maximum Gasteiger partial charge on any atom is 0.308 e.